The summed E-state index contributed by atoms with van der Waals surface area (Å²) in [5, 5.41) is 3.49. The Morgan fingerprint density at radius 1 is 1.50 bits per heavy atom. The van der Waals surface area contributed by atoms with Crippen molar-refractivity contribution in [2.75, 3.05) is 11.5 Å². The van der Waals surface area contributed by atoms with E-state index in [-0.39, 0.29) is 12.2 Å². The van der Waals surface area contributed by atoms with Crippen LogP contribution in [0.1, 0.15) is 39.5 Å². The van der Waals surface area contributed by atoms with Gasteiger partial charge in [0.1, 0.15) is 0 Å². The average molecular weight is 242 g/mol. The fourth-order valence-electron chi connectivity index (χ4n) is 2.70. The number of nitrogens with zero attached hydrogens (tertiary/aromatic N) is 1. The Labute approximate surface area is 102 Å². The molecule has 0 saturated carbocycles. The normalized spacial score (nSPS) is 35.0. The Morgan fingerprint density at radius 3 is 2.88 bits per heavy atom. The van der Waals surface area contributed by atoms with Gasteiger partial charge in [0.25, 0.3) is 0 Å². The van der Waals surface area contributed by atoms with Crippen LogP contribution in [0, 0.1) is 0 Å². The molecule has 92 valence electrons. The third-order valence-corrected chi connectivity index (χ3v) is 4.69. The molecule has 16 heavy (non-hydrogen) atoms. The summed E-state index contributed by atoms with van der Waals surface area (Å²) in [5.74, 6) is 2.69. The zero-order chi connectivity index (χ0) is 11.5. The van der Waals surface area contributed by atoms with Crippen LogP contribution in [0.15, 0.2) is 0 Å². The molecule has 0 spiro atoms. The second-order valence-electron chi connectivity index (χ2n) is 4.69. The first-order valence-corrected chi connectivity index (χ1v) is 7.59. The molecule has 1 amide bonds. The fourth-order valence-corrected chi connectivity index (χ4v) is 3.91. The standard InChI is InChI=1S/C12H22N2OS/c1-3-5-10-12(15)14(11(4-2)13-10)9-6-7-16-8-9/h9-11,13H,3-8H2,1-2H3. The molecule has 2 aliphatic heterocycles. The van der Waals surface area contributed by atoms with E-state index in [0.717, 1.165) is 25.0 Å². The molecule has 0 aromatic rings. The van der Waals surface area contributed by atoms with Crippen molar-refractivity contribution in [2.24, 2.45) is 0 Å². The van der Waals surface area contributed by atoms with E-state index in [0.29, 0.717) is 11.9 Å². The zero-order valence-corrected chi connectivity index (χ0v) is 11.1. The van der Waals surface area contributed by atoms with Crippen LogP contribution in [0.3, 0.4) is 0 Å². The van der Waals surface area contributed by atoms with E-state index in [2.05, 4.69) is 24.1 Å². The van der Waals surface area contributed by atoms with E-state index < -0.39 is 0 Å². The quantitative estimate of drug-likeness (QED) is 0.816. The highest BCUT2D eigenvalue weighted by atomic mass is 32.2. The molecule has 2 saturated heterocycles. The van der Waals surface area contributed by atoms with Crippen LogP contribution in [-0.4, -0.2) is 40.6 Å². The lowest BCUT2D eigenvalue weighted by Gasteiger charge is -2.28. The van der Waals surface area contributed by atoms with Gasteiger partial charge in [0.2, 0.25) is 5.91 Å². The Morgan fingerprint density at radius 2 is 2.31 bits per heavy atom. The smallest absolute Gasteiger partial charge is 0.241 e. The molecule has 2 rings (SSSR count). The van der Waals surface area contributed by atoms with Crippen molar-refractivity contribution < 1.29 is 4.79 Å². The van der Waals surface area contributed by atoms with Gasteiger partial charge in [-0.05, 0) is 25.0 Å². The number of amides is 1. The molecular weight excluding hydrogens is 220 g/mol. The van der Waals surface area contributed by atoms with Crippen LogP contribution < -0.4 is 5.32 Å². The van der Waals surface area contributed by atoms with Crippen LogP contribution in [0.2, 0.25) is 0 Å². The Kier molecular flexibility index (Phi) is 4.14. The van der Waals surface area contributed by atoms with Crippen LogP contribution in [0.25, 0.3) is 0 Å². The first-order chi connectivity index (χ1) is 7.77. The third kappa shape index (κ3) is 2.23. The van der Waals surface area contributed by atoms with Crippen LogP contribution in [-0.2, 0) is 4.79 Å². The van der Waals surface area contributed by atoms with Crippen molar-refractivity contribution in [3.05, 3.63) is 0 Å². The molecule has 2 fully saturated rings. The number of carbonyl (C=O) groups excluding carboxylic acids is 1. The average Bonchev–Trinajstić information content (AvgIpc) is 2.88. The first-order valence-electron chi connectivity index (χ1n) is 6.43. The van der Waals surface area contributed by atoms with Gasteiger partial charge < -0.3 is 4.90 Å². The lowest BCUT2D eigenvalue weighted by atomic mass is 10.1. The van der Waals surface area contributed by atoms with Gasteiger partial charge in [-0.1, -0.05) is 20.3 Å². The molecule has 0 aromatic carbocycles. The minimum Gasteiger partial charge on any atom is -0.322 e. The van der Waals surface area contributed by atoms with Crippen LogP contribution >= 0.6 is 11.8 Å². The SMILES string of the molecule is CCCC1NC(CC)N(C2CCSC2)C1=O. The largest absolute Gasteiger partial charge is 0.322 e. The van der Waals surface area contributed by atoms with Gasteiger partial charge in [-0.25, -0.2) is 0 Å². The van der Waals surface area contributed by atoms with E-state index in [1.807, 2.05) is 11.8 Å². The predicted molar refractivity (Wildman–Crippen MR) is 68.5 cm³/mol. The second kappa shape index (κ2) is 5.41. The number of carbonyl (C=O) groups is 1. The van der Waals surface area contributed by atoms with Crippen molar-refractivity contribution in [3.63, 3.8) is 0 Å². The number of hydrogen-bond acceptors (Lipinski definition) is 3. The number of hydrogen-bond donors (Lipinski definition) is 1. The van der Waals surface area contributed by atoms with Gasteiger partial charge in [-0.2, -0.15) is 11.8 Å². The highest BCUT2D eigenvalue weighted by Crippen LogP contribution is 2.28. The van der Waals surface area contributed by atoms with E-state index in [4.69, 9.17) is 0 Å². The van der Waals surface area contributed by atoms with Gasteiger partial charge in [0.15, 0.2) is 0 Å². The van der Waals surface area contributed by atoms with Crippen molar-refractivity contribution in [1.82, 2.24) is 10.2 Å². The number of rotatable bonds is 4. The summed E-state index contributed by atoms with van der Waals surface area (Å²) in [6.07, 6.45) is 4.53. The van der Waals surface area contributed by atoms with Crippen molar-refractivity contribution in [3.8, 4) is 0 Å². The second-order valence-corrected chi connectivity index (χ2v) is 5.84. The lowest BCUT2D eigenvalue weighted by molar-refractivity contribution is -0.132. The maximum atomic E-state index is 12.3. The van der Waals surface area contributed by atoms with E-state index >= 15 is 0 Å². The minimum absolute atomic E-state index is 0.0838. The molecule has 1 N–H and O–H groups in total. The summed E-state index contributed by atoms with van der Waals surface area (Å²) in [6, 6.07) is 0.567. The molecule has 3 atom stereocenters. The van der Waals surface area contributed by atoms with E-state index in [9.17, 15) is 4.79 Å². The van der Waals surface area contributed by atoms with E-state index in [1.165, 1.54) is 12.2 Å². The molecule has 0 aliphatic carbocycles. The van der Waals surface area contributed by atoms with Crippen molar-refractivity contribution >= 4 is 17.7 Å². The van der Waals surface area contributed by atoms with Gasteiger partial charge in [-0.3, -0.25) is 10.1 Å². The molecule has 2 aliphatic rings. The summed E-state index contributed by atoms with van der Waals surface area (Å²) in [6.45, 7) is 4.30. The molecule has 2 heterocycles. The lowest BCUT2D eigenvalue weighted by Crippen LogP contribution is -2.44. The number of thioether (sulfide) groups is 1. The maximum Gasteiger partial charge on any atom is 0.241 e. The maximum absolute atomic E-state index is 12.3. The summed E-state index contributed by atoms with van der Waals surface area (Å²) in [5.41, 5.74) is 0. The fraction of sp³-hybridized carbons (Fsp3) is 0.917. The highest BCUT2D eigenvalue weighted by molar-refractivity contribution is 7.99. The summed E-state index contributed by atoms with van der Waals surface area (Å²) < 4.78 is 0. The van der Waals surface area contributed by atoms with Gasteiger partial charge in [-0.15, -0.1) is 0 Å². The molecule has 4 heteroatoms. The van der Waals surface area contributed by atoms with Gasteiger partial charge in [0.05, 0.1) is 12.2 Å². The summed E-state index contributed by atoms with van der Waals surface area (Å²) in [7, 11) is 0. The molecule has 3 nitrogen and oxygen atoms in total. The molecular formula is C12H22N2OS. The Bertz CT molecular complexity index is 253. The molecule has 0 bridgehead atoms. The van der Waals surface area contributed by atoms with E-state index in [1.54, 1.807) is 0 Å². The molecule has 0 aromatic heterocycles. The highest BCUT2D eigenvalue weighted by Gasteiger charge is 2.41. The molecule has 3 unspecified atom stereocenters. The van der Waals surface area contributed by atoms with Crippen molar-refractivity contribution in [1.29, 1.82) is 0 Å². The Hall–Kier alpha value is -0.220. The van der Waals surface area contributed by atoms with Crippen molar-refractivity contribution in [2.45, 2.75) is 57.8 Å². The monoisotopic (exact) mass is 242 g/mol. The van der Waals surface area contributed by atoms with Gasteiger partial charge >= 0.3 is 0 Å². The minimum atomic E-state index is 0.0838. The summed E-state index contributed by atoms with van der Waals surface area (Å²) >= 11 is 1.98. The zero-order valence-electron chi connectivity index (χ0n) is 10.2. The summed E-state index contributed by atoms with van der Waals surface area (Å²) in [4.78, 5) is 14.4. The third-order valence-electron chi connectivity index (χ3n) is 3.55. The first kappa shape index (κ1) is 12.2. The Balaban J connectivity index is 2.05. The van der Waals surface area contributed by atoms with Crippen LogP contribution in [0.5, 0.6) is 0 Å². The number of nitrogens with one attached hydrogen (secondary N) is 1. The predicted octanol–water partition coefficient (Wildman–Crippen LogP) is 1.83. The molecule has 0 radical (unpaired) electrons. The van der Waals surface area contributed by atoms with Crippen LogP contribution in [0.4, 0.5) is 0 Å². The topological polar surface area (TPSA) is 32.3 Å². The van der Waals surface area contributed by atoms with Gasteiger partial charge in [0, 0.05) is 11.8 Å².